The van der Waals surface area contributed by atoms with E-state index in [1.165, 1.54) is 10.5 Å². The summed E-state index contributed by atoms with van der Waals surface area (Å²) < 4.78 is 5.11. The lowest BCUT2D eigenvalue weighted by molar-refractivity contribution is -0.151. The number of anilines is 2. The second kappa shape index (κ2) is 8.89. The van der Waals surface area contributed by atoms with E-state index < -0.39 is 17.8 Å². The third-order valence-corrected chi connectivity index (χ3v) is 4.84. The van der Waals surface area contributed by atoms with Crippen molar-refractivity contribution in [3.8, 4) is 0 Å². The molecule has 2 aromatic rings. The first-order chi connectivity index (χ1) is 13.5. The third kappa shape index (κ3) is 4.89. The highest BCUT2D eigenvalue weighted by atomic mass is 35.5. The summed E-state index contributed by atoms with van der Waals surface area (Å²) in [4.78, 5) is 38.0. The summed E-state index contributed by atoms with van der Waals surface area (Å²) >= 11 is 5.86. The summed E-state index contributed by atoms with van der Waals surface area (Å²) in [7, 11) is 0. The van der Waals surface area contributed by atoms with E-state index >= 15 is 0 Å². The molecule has 1 N–H and O–H groups in total. The molecular formula is C21H21ClN2O4. The Hall–Kier alpha value is -2.86. The number of rotatable bonds is 6. The van der Waals surface area contributed by atoms with E-state index in [0.717, 1.165) is 6.42 Å². The van der Waals surface area contributed by atoms with Gasteiger partial charge in [0.05, 0.1) is 5.92 Å². The molecule has 2 aromatic carbocycles. The van der Waals surface area contributed by atoms with Gasteiger partial charge in [0.1, 0.15) is 0 Å². The van der Waals surface area contributed by atoms with Gasteiger partial charge in [0.2, 0.25) is 5.91 Å². The van der Waals surface area contributed by atoms with Crippen LogP contribution in [0.4, 0.5) is 11.4 Å². The lowest BCUT2D eigenvalue weighted by atomic mass is 10.1. The van der Waals surface area contributed by atoms with Crippen molar-refractivity contribution in [2.24, 2.45) is 5.92 Å². The first-order valence-corrected chi connectivity index (χ1v) is 9.45. The zero-order chi connectivity index (χ0) is 20.1. The summed E-state index contributed by atoms with van der Waals surface area (Å²) in [6, 6.07) is 14.3. The zero-order valence-corrected chi connectivity index (χ0v) is 16.2. The van der Waals surface area contributed by atoms with Crippen molar-refractivity contribution < 1.29 is 19.1 Å². The third-order valence-electron chi connectivity index (χ3n) is 4.59. The van der Waals surface area contributed by atoms with Crippen molar-refractivity contribution in [1.29, 1.82) is 0 Å². The average Bonchev–Trinajstić information content (AvgIpc) is 3.09. The number of nitrogens with zero attached hydrogens (tertiary/aromatic N) is 1. The van der Waals surface area contributed by atoms with Gasteiger partial charge in [-0.05, 0) is 48.4 Å². The summed E-state index contributed by atoms with van der Waals surface area (Å²) in [5.41, 5.74) is 2.49. The van der Waals surface area contributed by atoms with Gasteiger partial charge in [-0.2, -0.15) is 0 Å². The van der Waals surface area contributed by atoms with E-state index in [4.69, 9.17) is 16.3 Å². The van der Waals surface area contributed by atoms with Crippen molar-refractivity contribution in [2.45, 2.75) is 19.8 Å². The van der Waals surface area contributed by atoms with Crippen LogP contribution in [-0.4, -0.2) is 30.9 Å². The lowest BCUT2D eigenvalue weighted by Gasteiger charge is -2.16. The Morgan fingerprint density at radius 2 is 1.82 bits per heavy atom. The SMILES string of the molecule is CCc1ccc(NC(=O)COC(=O)[C@@H]2CC(=O)N(c3ccc(Cl)cc3)C2)cc1. The van der Waals surface area contributed by atoms with Gasteiger partial charge >= 0.3 is 5.97 Å². The number of amides is 2. The van der Waals surface area contributed by atoms with Gasteiger partial charge in [0, 0.05) is 29.4 Å². The van der Waals surface area contributed by atoms with Crippen LogP contribution in [-0.2, 0) is 25.5 Å². The van der Waals surface area contributed by atoms with Crippen LogP contribution >= 0.6 is 11.6 Å². The summed E-state index contributed by atoms with van der Waals surface area (Å²) in [5, 5.41) is 3.25. The van der Waals surface area contributed by atoms with Gasteiger partial charge in [-0.15, -0.1) is 0 Å². The van der Waals surface area contributed by atoms with E-state index in [-0.39, 0.29) is 25.5 Å². The number of aryl methyl sites for hydroxylation is 1. The fourth-order valence-electron chi connectivity index (χ4n) is 3.01. The van der Waals surface area contributed by atoms with E-state index in [0.29, 0.717) is 16.4 Å². The minimum Gasteiger partial charge on any atom is -0.455 e. The average molecular weight is 401 g/mol. The molecule has 0 bridgehead atoms. The number of esters is 1. The van der Waals surface area contributed by atoms with E-state index in [9.17, 15) is 14.4 Å². The highest BCUT2D eigenvalue weighted by Crippen LogP contribution is 2.27. The maximum Gasteiger partial charge on any atom is 0.311 e. The maximum atomic E-state index is 12.3. The van der Waals surface area contributed by atoms with Crippen LogP contribution in [0.5, 0.6) is 0 Å². The Kier molecular flexibility index (Phi) is 6.31. The highest BCUT2D eigenvalue weighted by Gasteiger charge is 2.36. The van der Waals surface area contributed by atoms with Crippen LogP contribution in [0.2, 0.25) is 5.02 Å². The Morgan fingerprint density at radius 3 is 2.46 bits per heavy atom. The molecule has 7 heteroatoms. The maximum absolute atomic E-state index is 12.3. The number of carbonyl (C=O) groups is 3. The topological polar surface area (TPSA) is 75.7 Å². The Balaban J connectivity index is 1.49. The normalized spacial score (nSPS) is 16.1. The van der Waals surface area contributed by atoms with Crippen LogP contribution in [0.1, 0.15) is 18.9 Å². The van der Waals surface area contributed by atoms with Gasteiger partial charge in [0.25, 0.3) is 5.91 Å². The zero-order valence-electron chi connectivity index (χ0n) is 15.5. The fourth-order valence-corrected chi connectivity index (χ4v) is 3.14. The smallest absolute Gasteiger partial charge is 0.311 e. The van der Waals surface area contributed by atoms with E-state index in [1.54, 1.807) is 36.4 Å². The monoisotopic (exact) mass is 400 g/mol. The molecule has 1 heterocycles. The molecule has 0 spiro atoms. The number of ether oxygens (including phenoxy) is 1. The molecule has 1 saturated heterocycles. The molecule has 146 valence electrons. The Morgan fingerprint density at radius 1 is 1.14 bits per heavy atom. The van der Waals surface area contributed by atoms with Crippen LogP contribution < -0.4 is 10.2 Å². The number of carbonyl (C=O) groups excluding carboxylic acids is 3. The van der Waals surface area contributed by atoms with Gasteiger partial charge in [0.15, 0.2) is 6.61 Å². The standard InChI is InChI=1S/C21H21ClN2O4/c1-2-14-3-7-17(8-4-14)23-19(25)13-28-21(27)15-11-20(26)24(12-15)18-9-5-16(22)6-10-18/h3-10,15H,2,11-13H2,1H3,(H,23,25)/t15-/m1/s1. The molecule has 0 aliphatic carbocycles. The molecule has 1 atom stereocenters. The van der Waals surface area contributed by atoms with Crippen molar-refractivity contribution >= 4 is 40.8 Å². The van der Waals surface area contributed by atoms with Crippen molar-refractivity contribution in [1.82, 2.24) is 0 Å². The molecule has 1 aliphatic rings. The molecule has 2 amide bonds. The first kappa shape index (κ1) is 19.9. The van der Waals surface area contributed by atoms with Crippen molar-refractivity contribution in [3.05, 3.63) is 59.1 Å². The molecule has 1 fully saturated rings. The quantitative estimate of drug-likeness (QED) is 0.753. The molecule has 0 aromatic heterocycles. The number of benzene rings is 2. The fraction of sp³-hybridized carbons (Fsp3) is 0.286. The van der Waals surface area contributed by atoms with E-state index in [2.05, 4.69) is 12.2 Å². The number of hydrogen-bond donors (Lipinski definition) is 1. The van der Waals surface area contributed by atoms with Gasteiger partial charge in [-0.1, -0.05) is 30.7 Å². The summed E-state index contributed by atoms with van der Waals surface area (Å²) in [6.07, 6.45) is 0.973. The van der Waals surface area contributed by atoms with E-state index in [1.807, 2.05) is 12.1 Å². The molecule has 0 radical (unpaired) electrons. The largest absolute Gasteiger partial charge is 0.455 e. The Bertz CT molecular complexity index is 865. The number of hydrogen-bond acceptors (Lipinski definition) is 4. The van der Waals surface area contributed by atoms with Crippen LogP contribution in [0.15, 0.2) is 48.5 Å². The minimum absolute atomic E-state index is 0.0571. The first-order valence-electron chi connectivity index (χ1n) is 9.07. The Labute approximate surface area is 168 Å². The van der Waals surface area contributed by atoms with Gasteiger partial charge < -0.3 is 15.0 Å². The highest BCUT2D eigenvalue weighted by molar-refractivity contribution is 6.30. The van der Waals surface area contributed by atoms with Crippen LogP contribution in [0.3, 0.4) is 0 Å². The second-order valence-corrected chi connectivity index (χ2v) is 7.02. The molecule has 6 nitrogen and oxygen atoms in total. The predicted molar refractivity (Wildman–Crippen MR) is 107 cm³/mol. The molecule has 1 aliphatic heterocycles. The van der Waals surface area contributed by atoms with Crippen molar-refractivity contribution in [2.75, 3.05) is 23.4 Å². The summed E-state index contributed by atoms with van der Waals surface area (Å²) in [6.45, 7) is 1.88. The van der Waals surface area contributed by atoms with Crippen LogP contribution in [0.25, 0.3) is 0 Å². The molecular weight excluding hydrogens is 380 g/mol. The predicted octanol–water partition coefficient (Wildman–Crippen LogP) is 3.44. The number of nitrogens with one attached hydrogen (secondary N) is 1. The summed E-state index contributed by atoms with van der Waals surface area (Å²) in [5.74, 6) is -1.73. The molecule has 3 rings (SSSR count). The van der Waals surface area contributed by atoms with Gasteiger partial charge in [-0.25, -0.2) is 0 Å². The number of halogens is 1. The van der Waals surface area contributed by atoms with Gasteiger partial charge in [-0.3, -0.25) is 14.4 Å². The van der Waals surface area contributed by atoms with Crippen LogP contribution in [0, 0.1) is 5.92 Å². The molecule has 0 saturated carbocycles. The lowest BCUT2D eigenvalue weighted by Crippen LogP contribution is -2.28. The molecule has 28 heavy (non-hydrogen) atoms. The minimum atomic E-state index is -0.597. The molecule has 0 unspecified atom stereocenters. The second-order valence-electron chi connectivity index (χ2n) is 6.59. The van der Waals surface area contributed by atoms with Crippen molar-refractivity contribution in [3.63, 3.8) is 0 Å².